The molecule has 0 fully saturated rings. The lowest BCUT2D eigenvalue weighted by molar-refractivity contribution is 0.0692. The van der Waals surface area contributed by atoms with Crippen LogP contribution in [-0.4, -0.2) is 23.2 Å². The molecule has 7 heteroatoms. The molecule has 0 unspecified atom stereocenters. The van der Waals surface area contributed by atoms with Crippen molar-refractivity contribution < 1.29 is 23.4 Å². The third-order valence-corrected chi connectivity index (χ3v) is 1.95. The molecule has 0 aliphatic rings. The van der Waals surface area contributed by atoms with Gasteiger partial charge in [0.2, 0.25) is 0 Å². The molecule has 0 aliphatic carbocycles. The molecule has 1 aromatic rings. The van der Waals surface area contributed by atoms with Crippen LogP contribution < -0.4 is 4.74 Å². The van der Waals surface area contributed by atoms with E-state index in [1.165, 1.54) is 0 Å². The Balaban J connectivity index is 3.47. The summed E-state index contributed by atoms with van der Waals surface area (Å²) in [4.78, 5) is 14.1. The van der Waals surface area contributed by atoms with Gasteiger partial charge in [-0.15, -0.1) is 0 Å². The minimum absolute atomic E-state index is 0.385. The molecule has 0 spiro atoms. The lowest BCUT2D eigenvalue weighted by atomic mass is 10.2. The Morgan fingerprint density at radius 2 is 2.27 bits per heavy atom. The first-order valence-electron chi connectivity index (χ1n) is 3.72. The van der Waals surface area contributed by atoms with E-state index in [4.69, 9.17) is 16.7 Å². The van der Waals surface area contributed by atoms with Gasteiger partial charge in [0.15, 0.2) is 0 Å². The molecule has 4 nitrogen and oxygen atoms in total. The van der Waals surface area contributed by atoms with Gasteiger partial charge in [0.05, 0.1) is 12.7 Å². The summed E-state index contributed by atoms with van der Waals surface area (Å²) in [6.07, 6.45) is -2.08. The zero-order chi connectivity index (χ0) is 11.6. The quantitative estimate of drug-likeness (QED) is 0.820. The van der Waals surface area contributed by atoms with Gasteiger partial charge in [-0.05, 0) is 0 Å². The molecule has 0 amide bonds. The number of halogens is 3. The van der Waals surface area contributed by atoms with Crippen molar-refractivity contribution in [1.29, 1.82) is 0 Å². The third kappa shape index (κ3) is 2.15. The number of rotatable bonds is 3. The number of hydrogen-bond acceptors (Lipinski definition) is 3. The van der Waals surface area contributed by atoms with Crippen molar-refractivity contribution in [1.82, 2.24) is 4.98 Å². The van der Waals surface area contributed by atoms with Crippen molar-refractivity contribution in [3.05, 3.63) is 22.5 Å². The molecule has 0 radical (unpaired) electrons. The number of aromatic carboxylic acids is 1. The van der Waals surface area contributed by atoms with E-state index in [2.05, 4.69) is 9.72 Å². The van der Waals surface area contributed by atoms with E-state index in [0.29, 0.717) is 0 Å². The van der Waals surface area contributed by atoms with Crippen LogP contribution in [0.2, 0.25) is 5.15 Å². The van der Waals surface area contributed by atoms with Crippen molar-refractivity contribution in [2.24, 2.45) is 0 Å². The highest BCUT2D eigenvalue weighted by Crippen LogP contribution is 2.34. The van der Waals surface area contributed by atoms with Crippen LogP contribution >= 0.6 is 11.6 Å². The predicted octanol–water partition coefficient (Wildman–Crippen LogP) is 2.38. The second-order valence-corrected chi connectivity index (χ2v) is 2.88. The summed E-state index contributed by atoms with van der Waals surface area (Å²) in [5.41, 5.74) is -1.16. The van der Waals surface area contributed by atoms with E-state index < -0.39 is 29.3 Å². The highest BCUT2D eigenvalue weighted by molar-refractivity contribution is 6.32. The fourth-order valence-corrected chi connectivity index (χ4v) is 1.26. The van der Waals surface area contributed by atoms with Gasteiger partial charge in [-0.2, -0.15) is 0 Å². The number of carbonyl (C=O) groups is 1. The van der Waals surface area contributed by atoms with Gasteiger partial charge in [-0.25, -0.2) is 18.6 Å². The van der Waals surface area contributed by atoms with Gasteiger partial charge in [0.25, 0.3) is 6.43 Å². The molecule has 0 aromatic carbocycles. The topological polar surface area (TPSA) is 59.4 Å². The Bertz CT molecular complexity index is 398. The first-order valence-corrected chi connectivity index (χ1v) is 4.10. The molecule has 1 heterocycles. The van der Waals surface area contributed by atoms with Crippen LogP contribution in [0.3, 0.4) is 0 Å². The summed E-state index contributed by atoms with van der Waals surface area (Å²) < 4.78 is 29.5. The first-order chi connectivity index (χ1) is 6.99. The van der Waals surface area contributed by atoms with Crippen LogP contribution in [0.4, 0.5) is 8.78 Å². The molecule has 1 N–H and O–H groups in total. The number of aromatic nitrogens is 1. The van der Waals surface area contributed by atoms with Crippen molar-refractivity contribution in [3.8, 4) is 5.75 Å². The minimum atomic E-state index is -2.87. The van der Waals surface area contributed by atoms with E-state index in [-0.39, 0.29) is 5.15 Å². The largest absolute Gasteiger partial charge is 0.495 e. The molecule has 1 aromatic heterocycles. The summed E-state index contributed by atoms with van der Waals surface area (Å²) in [6.45, 7) is 0. The van der Waals surface area contributed by atoms with Gasteiger partial charge < -0.3 is 9.84 Å². The highest BCUT2D eigenvalue weighted by Gasteiger charge is 2.24. The molecule has 1 rings (SSSR count). The van der Waals surface area contributed by atoms with Gasteiger partial charge in [0, 0.05) is 6.20 Å². The van der Waals surface area contributed by atoms with Crippen molar-refractivity contribution in [3.63, 3.8) is 0 Å². The van der Waals surface area contributed by atoms with Crippen molar-refractivity contribution in [2.45, 2.75) is 6.43 Å². The lowest BCUT2D eigenvalue weighted by Crippen LogP contribution is -2.06. The van der Waals surface area contributed by atoms with Crippen LogP contribution in [0.15, 0.2) is 6.20 Å². The molecule has 0 saturated heterocycles. The third-order valence-electron chi connectivity index (χ3n) is 1.67. The zero-order valence-corrected chi connectivity index (χ0v) is 8.26. The summed E-state index contributed by atoms with van der Waals surface area (Å²) in [7, 11) is 1.09. The zero-order valence-electron chi connectivity index (χ0n) is 7.50. The average molecular weight is 238 g/mol. The maximum atomic E-state index is 12.4. The maximum absolute atomic E-state index is 12.4. The molecular weight excluding hydrogens is 232 g/mol. The Hall–Kier alpha value is -1.43. The Kier molecular flexibility index (Phi) is 3.41. The Labute approximate surface area is 88.4 Å². The predicted molar refractivity (Wildman–Crippen MR) is 47.7 cm³/mol. The van der Waals surface area contributed by atoms with Crippen LogP contribution in [0.5, 0.6) is 5.75 Å². The van der Waals surface area contributed by atoms with E-state index >= 15 is 0 Å². The molecule has 0 bridgehead atoms. The summed E-state index contributed by atoms with van der Waals surface area (Å²) >= 11 is 5.46. The number of nitrogens with zero attached hydrogens (tertiary/aromatic N) is 1. The number of hydrogen-bond donors (Lipinski definition) is 1. The number of alkyl halides is 2. The fourth-order valence-electron chi connectivity index (χ4n) is 1.05. The van der Waals surface area contributed by atoms with E-state index in [1.807, 2.05) is 0 Å². The summed E-state index contributed by atoms with van der Waals surface area (Å²) in [6, 6.07) is 0. The second-order valence-electron chi connectivity index (χ2n) is 2.52. The van der Waals surface area contributed by atoms with Crippen LogP contribution in [0.25, 0.3) is 0 Å². The SMILES string of the molecule is COc1c(C(F)F)cnc(Cl)c1C(=O)O. The van der Waals surface area contributed by atoms with E-state index in [9.17, 15) is 13.6 Å². The Morgan fingerprint density at radius 3 is 2.67 bits per heavy atom. The second kappa shape index (κ2) is 4.39. The maximum Gasteiger partial charge on any atom is 0.342 e. The number of ether oxygens (including phenoxy) is 1. The van der Waals surface area contributed by atoms with Crippen LogP contribution in [0, 0.1) is 0 Å². The number of carboxylic acids is 1. The minimum Gasteiger partial charge on any atom is -0.495 e. The van der Waals surface area contributed by atoms with Crippen LogP contribution in [-0.2, 0) is 0 Å². The molecule has 82 valence electrons. The molecule has 0 atom stereocenters. The van der Waals surface area contributed by atoms with Gasteiger partial charge >= 0.3 is 5.97 Å². The van der Waals surface area contributed by atoms with Gasteiger partial charge in [0.1, 0.15) is 16.5 Å². The molecule has 0 aliphatic heterocycles. The summed E-state index contributed by atoms with van der Waals surface area (Å²) in [5.74, 6) is -1.93. The number of carboxylic acid groups (broad SMARTS) is 1. The molecular formula is C8H6ClF2NO3. The first kappa shape index (κ1) is 11.6. The lowest BCUT2D eigenvalue weighted by Gasteiger charge is -2.10. The Morgan fingerprint density at radius 1 is 1.67 bits per heavy atom. The number of methoxy groups -OCH3 is 1. The monoisotopic (exact) mass is 237 g/mol. The average Bonchev–Trinajstić information content (AvgIpc) is 2.15. The van der Waals surface area contributed by atoms with E-state index in [1.54, 1.807) is 0 Å². The van der Waals surface area contributed by atoms with Crippen LogP contribution in [0.1, 0.15) is 22.3 Å². The van der Waals surface area contributed by atoms with Crippen molar-refractivity contribution >= 4 is 17.6 Å². The van der Waals surface area contributed by atoms with Gasteiger partial charge in [-0.3, -0.25) is 0 Å². The fraction of sp³-hybridized carbons (Fsp3) is 0.250. The standard InChI is InChI=1S/C8H6ClF2NO3/c1-15-5-3(7(10)11)2-12-6(9)4(5)8(13)14/h2,7H,1H3,(H,13,14). The summed E-state index contributed by atoms with van der Waals surface area (Å²) in [5, 5.41) is 8.35. The number of pyridine rings is 1. The van der Waals surface area contributed by atoms with Gasteiger partial charge in [-0.1, -0.05) is 11.6 Å². The molecule has 15 heavy (non-hydrogen) atoms. The normalized spacial score (nSPS) is 10.5. The highest BCUT2D eigenvalue weighted by atomic mass is 35.5. The molecule has 0 saturated carbocycles. The smallest absolute Gasteiger partial charge is 0.342 e. The van der Waals surface area contributed by atoms with E-state index in [0.717, 1.165) is 13.3 Å². The van der Waals surface area contributed by atoms with Crippen molar-refractivity contribution in [2.75, 3.05) is 7.11 Å².